The highest BCUT2D eigenvalue weighted by Crippen LogP contribution is 2.33. The molecule has 1 aromatic heterocycles. The number of carboxylic acid groups (broad SMARTS) is 1. The number of aromatic nitrogens is 2. The monoisotopic (exact) mass is 586 g/mol. The van der Waals surface area contributed by atoms with Crippen molar-refractivity contribution in [3.05, 3.63) is 58.7 Å². The van der Waals surface area contributed by atoms with E-state index in [1.165, 1.54) is 28.0 Å². The number of aliphatic carboxylic acids is 1. The molecule has 1 fully saturated rings. The molecule has 10 heteroatoms. The van der Waals surface area contributed by atoms with Crippen LogP contribution in [-0.2, 0) is 22.6 Å². The van der Waals surface area contributed by atoms with Crippen LogP contribution < -0.4 is 9.64 Å². The maximum absolute atomic E-state index is 13.4. The molecule has 40 heavy (non-hydrogen) atoms. The maximum atomic E-state index is 13.4. The van der Waals surface area contributed by atoms with Crippen LogP contribution in [0, 0.1) is 19.8 Å². The van der Waals surface area contributed by atoms with Crippen LogP contribution in [0.3, 0.4) is 0 Å². The summed E-state index contributed by atoms with van der Waals surface area (Å²) in [5.41, 5.74) is 5.48. The predicted octanol–water partition coefficient (Wildman–Crippen LogP) is 5.92. The van der Waals surface area contributed by atoms with E-state index in [0.717, 1.165) is 48.6 Å². The highest BCUT2D eigenvalue weighted by atomic mass is 35.5. The van der Waals surface area contributed by atoms with Gasteiger partial charge in [-0.15, -0.1) is 22.6 Å². The molecule has 1 aliphatic rings. The molecule has 0 aliphatic carbocycles. The van der Waals surface area contributed by atoms with E-state index in [4.69, 9.17) is 4.74 Å². The van der Waals surface area contributed by atoms with Crippen molar-refractivity contribution >= 4 is 40.8 Å². The zero-order valence-electron chi connectivity index (χ0n) is 23.7. The van der Waals surface area contributed by atoms with Gasteiger partial charge in [0.2, 0.25) is 11.0 Å². The van der Waals surface area contributed by atoms with Crippen LogP contribution in [0.15, 0.2) is 36.4 Å². The lowest BCUT2D eigenvalue weighted by atomic mass is 9.95. The van der Waals surface area contributed by atoms with Gasteiger partial charge in [-0.05, 0) is 81.1 Å². The summed E-state index contributed by atoms with van der Waals surface area (Å²) in [7, 11) is 1.62. The molecule has 1 N–H and O–H groups in total. The molecule has 0 radical (unpaired) electrons. The number of carboxylic acids is 1. The van der Waals surface area contributed by atoms with Crippen molar-refractivity contribution in [1.82, 2.24) is 15.1 Å². The molecule has 0 unspecified atom stereocenters. The molecular weight excluding hydrogens is 548 g/mol. The topological polar surface area (TPSA) is 95.9 Å². The van der Waals surface area contributed by atoms with Gasteiger partial charge >= 0.3 is 5.97 Å². The Morgan fingerprint density at radius 2 is 1.80 bits per heavy atom. The number of benzene rings is 2. The summed E-state index contributed by atoms with van der Waals surface area (Å²) in [6.07, 6.45) is 3.48. The van der Waals surface area contributed by atoms with Crippen molar-refractivity contribution in [2.45, 2.75) is 59.4 Å². The van der Waals surface area contributed by atoms with Crippen LogP contribution in [0.1, 0.15) is 54.9 Å². The molecular formula is C30H39ClN4O4S. The zero-order chi connectivity index (χ0) is 27.9. The third-order valence-corrected chi connectivity index (χ3v) is 8.47. The van der Waals surface area contributed by atoms with Crippen molar-refractivity contribution in [1.29, 1.82) is 0 Å². The molecule has 4 rings (SSSR count). The molecule has 8 nitrogen and oxygen atoms in total. The van der Waals surface area contributed by atoms with Gasteiger partial charge in [0.05, 0.1) is 19.4 Å². The lowest BCUT2D eigenvalue weighted by Gasteiger charge is -2.31. The Morgan fingerprint density at radius 1 is 1.12 bits per heavy atom. The second kappa shape index (κ2) is 14.6. The highest BCUT2D eigenvalue weighted by molar-refractivity contribution is 7.18. The van der Waals surface area contributed by atoms with E-state index in [1.807, 2.05) is 24.3 Å². The van der Waals surface area contributed by atoms with Gasteiger partial charge in [-0.1, -0.05) is 42.9 Å². The maximum Gasteiger partial charge on any atom is 0.306 e. The summed E-state index contributed by atoms with van der Waals surface area (Å²) in [6.45, 7) is 9.34. The lowest BCUT2D eigenvalue weighted by molar-refractivity contribution is -0.143. The second-order valence-electron chi connectivity index (χ2n) is 10.3. The smallest absolute Gasteiger partial charge is 0.306 e. The fraction of sp³-hybridized carbons (Fsp3) is 0.467. The first-order valence-corrected chi connectivity index (χ1v) is 14.4. The van der Waals surface area contributed by atoms with Gasteiger partial charge < -0.3 is 9.84 Å². The van der Waals surface area contributed by atoms with Gasteiger partial charge in [0.25, 0.3) is 0 Å². The molecule has 1 saturated heterocycles. The molecule has 2 heterocycles. The van der Waals surface area contributed by atoms with Gasteiger partial charge in [-0.3, -0.25) is 19.4 Å². The number of likely N-dealkylation sites (tertiary alicyclic amines) is 1. The van der Waals surface area contributed by atoms with Crippen molar-refractivity contribution in [3.63, 3.8) is 0 Å². The van der Waals surface area contributed by atoms with Crippen molar-refractivity contribution in [2.75, 3.05) is 31.6 Å². The summed E-state index contributed by atoms with van der Waals surface area (Å²) in [6, 6.07) is 11.9. The molecule has 0 atom stereocenters. The SMILES string of the molecule is CCCCN(C(=O)Cc1ccccc1OC)c1nnc(-c2cc(C)c(CN3CCC(C(=O)O)CC3)c(C)c2)s1.Cl. The molecule has 0 bridgehead atoms. The number of hydrogen-bond acceptors (Lipinski definition) is 7. The molecule has 1 amide bonds. The Bertz CT molecular complexity index is 1280. The summed E-state index contributed by atoms with van der Waals surface area (Å²) in [5, 5.41) is 19.6. The fourth-order valence-corrected chi connectivity index (χ4v) is 5.99. The average Bonchev–Trinajstić information content (AvgIpc) is 3.41. The summed E-state index contributed by atoms with van der Waals surface area (Å²) in [4.78, 5) is 28.8. The van der Waals surface area contributed by atoms with Gasteiger partial charge in [0, 0.05) is 24.2 Å². The Balaban J connectivity index is 0.00000441. The second-order valence-corrected chi connectivity index (χ2v) is 11.2. The first-order chi connectivity index (χ1) is 18.8. The number of aryl methyl sites for hydroxylation is 2. The number of hydrogen-bond donors (Lipinski definition) is 1. The average molecular weight is 587 g/mol. The van der Waals surface area contributed by atoms with E-state index in [2.05, 4.69) is 48.0 Å². The van der Waals surface area contributed by atoms with Crippen LogP contribution in [0.2, 0.25) is 0 Å². The van der Waals surface area contributed by atoms with Crippen LogP contribution in [0.5, 0.6) is 5.75 Å². The number of unbranched alkanes of at least 4 members (excludes halogenated alkanes) is 1. The summed E-state index contributed by atoms with van der Waals surface area (Å²) >= 11 is 1.44. The first-order valence-electron chi connectivity index (χ1n) is 13.6. The Kier molecular flexibility index (Phi) is 11.5. The van der Waals surface area contributed by atoms with Crippen LogP contribution in [0.25, 0.3) is 10.6 Å². The van der Waals surface area contributed by atoms with Gasteiger partial charge in [0.1, 0.15) is 10.8 Å². The number of nitrogens with zero attached hydrogens (tertiary/aromatic N) is 4. The third-order valence-electron chi connectivity index (χ3n) is 7.48. The minimum Gasteiger partial charge on any atom is -0.496 e. The molecule has 1 aliphatic heterocycles. The number of para-hydroxylation sites is 1. The molecule has 216 valence electrons. The quantitative estimate of drug-likeness (QED) is 0.298. The molecule has 0 spiro atoms. The molecule has 0 saturated carbocycles. The number of rotatable bonds is 11. The number of carbonyl (C=O) groups excluding carboxylic acids is 1. The van der Waals surface area contributed by atoms with E-state index in [9.17, 15) is 14.7 Å². The Hall–Kier alpha value is -3.01. The number of ether oxygens (including phenoxy) is 1. The highest BCUT2D eigenvalue weighted by Gasteiger charge is 2.26. The minimum atomic E-state index is -0.683. The normalized spacial score (nSPS) is 14.0. The third kappa shape index (κ3) is 7.59. The Labute approximate surface area is 246 Å². The van der Waals surface area contributed by atoms with Gasteiger partial charge in [-0.25, -0.2) is 0 Å². The van der Waals surface area contributed by atoms with Crippen LogP contribution in [0.4, 0.5) is 5.13 Å². The number of anilines is 1. The summed E-state index contributed by atoms with van der Waals surface area (Å²) < 4.78 is 5.45. The van der Waals surface area contributed by atoms with E-state index in [0.29, 0.717) is 30.3 Å². The zero-order valence-corrected chi connectivity index (χ0v) is 25.3. The van der Waals surface area contributed by atoms with Gasteiger partial charge in [0.15, 0.2) is 0 Å². The molecule has 2 aromatic carbocycles. The van der Waals surface area contributed by atoms with Crippen molar-refractivity contribution in [2.24, 2.45) is 5.92 Å². The standard InChI is InChI=1S/C30H38N4O4S.ClH/c1-5-6-13-34(27(35)18-23-9-7-8-10-26(23)38-4)30-32-31-28(39-30)24-16-20(2)25(21(3)17-24)19-33-14-11-22(12-15-33)29(36)37;/h7-10,16-17,22H,5-6,11-15,18-19H2,1-4H3,(H,36,37);1H. The lowest BCUT2D eigenvalue weighted by Crippen LogP contribution is -2.36. The number of carbonyl (C=O) groups is 2. The number of amides is 1. The van der Waals surface area contributed by atoms with E-state index in [1.54, 1.807) is 12.0 Å². The predicted molar refractivity (Wildman–Crippen MR) is 162 cm³/mol. The largest absolute Gasteiger partial charge is 0.496 e. The minimum absolute atomic E-state index is 0. The van der Waals surface area contributed by atoms with E-state index < -0.39 is 5.97 Å². The van der Waals surface area contributed by atoms with E-state index in [-0.39, 0.29) is 30.7 Å². The summed E-state index contributed by atoms with van der Waals surface area (Å²) in [5.74, 6) is -0.227. The Morgan fingerprint density at radius 3 is 2.42 bits per heavy atom. The van der Waals surface area contributed by atoms with Crippen molar-refractivity contribution in [3.8, 4) is 16.3 Å². The first kappa shape index (κ1) is 31.5. The number of methoxy groups -OCH3 is 1. The fourth-order valence-electron chi connectivity index (χ4n) is 5.12. The van der Waals surface area contributed by atoms with Crippen LogP contribution in [-0.4, -0.2) is 58.8 Å². The van der Waals surface area contributed by atoms with Crippen LogP contribution >= 0.6 is 23.7 Å². The van der Waals surface area contributed by atoms with Gasteiger partial charge in [-0.2, -0.15) is 0 Å². The number of piperidine rings is 1. The number of halogens is 1. The van der Waals surface area contributed by atoms with Crippen molar-refractivity contribution < 1.29 is 19.4 Å². The van der Waals surface area contributed by atoms with E-state index >= 15 is 0 Å². The molecule has 3 aromatic rings.